The SMILES string of the molecule is C/C(=N\[SH]=O)c1cc(Br)ccc1F. The van der Waals surface area contributed by atoms with Crippen LogP contribution in [0.2, 0.25) is 0 Å². The number of halogens is 2. The lowest BCUT2D eigenvalue weighted by Crippen LogP contribution is -1.98. The van der Waals surface area contributed by atoms with Gasteiger partial charge in [-0.15, -0.1) is 0 Å². The molecule has 1 rings (SSSR count). The molecule has 0 aliphatic heterocycles. The molecule has 0 saturated heterocycles. The number of nitrogens with zero attached hydrogens (tertiary/aromatic N) is 1. The van der Waals surface area contributed by atoms with Crippen LogP contribution in [0.4, 0.5) is 4.39 Å². The monoisotopic (exact) mass is 263 g/mol. The summed E-state index contributed by atoms with van der Waals surface area (Å²) in [6.07, 6.45) is 0. The summed E-state index contributed by atoms with van der Waals surface area (Å²) in [6, 6.07) is 4.53. The van der Waals surface area contributed by atoms with Crippen molar-refractivity contribution < 1.29 is 8.60 Å². The predicted molar refractivity (Wildman–Crippen MR) is 55.8 cm³/mol. The Hall–Kier alpha value is -0.550. The maximum Gasteiger partial charge on any atom is 0.132 e. The Balaban J connectivity index is 3.20. The molecule has 70 valence electrons. The number of rotatable bonds is 2. The van der Waals surface area contributed by atoms with Crippen molar-refractivity contribution in [1.82, 2.24) is 0 Å². The second kappa shape index (κ2) is 4.62. The van der Waals surface area contributed by atoms with E-state index >= 15 is 0 Å². The Kier molecular flexibility index (Phi) is 3.74. The molecule has 0 atom stereocenters. The lowest BCUT2D eigenvalue weighted by Gasteiger charge is -2.01. The van der Waals surface area contributed by atoms with Gasteiger partial charge in [0.05, 0.1) is 5.71 Å². The Morgan fingerprint density at radius 1 is 1.62 bits per heavy atom. The van der Waals surface area contributed by atoms with Crippen LogP contribution in [0.25, 0.3) is 0 Å². The topological polar surface area (TPSA) is 29.4 Å². The first-order valence-electron chi connectivity index (χ1n) is 3.47. The van der Waals surface area contributed by atoms with E-state index < -0.39 is 0 Å². The molecule has 0 saturated carbocycles. The van der Waals surface area contributed by atoms with E-state index in [0.29, 0.717) is 11.3 Å². The normalized spacial score (nSPS) is 11.8. The van der Waals surface area contributed by atoms with Crippen molar-refractivity contribution in [2.24, 2.45) is 4.40 Å². The molecule has 0 heterocycles. The molecule has 0 aliphatic carbocycles. The maximum absolute atomic E-state index is 13.1. The zero-order valence-corrected chi connectivity index (χ0v) is 9.27. The third-order valence-corrected chi connectivity index (χ3v) is 2.38. The first-order valence-corrected chi connectivity index (χ1v) is 5.03. The Morgan fingerprint density at radius 3 is 2.92 bits per heavy atom. The highest BCUT2D eigenvalue weighted by atomic mass is 79.9. The fourth-order valence-electron chi connectivity index (χ4n) is 0.890. The van der Waals surface area contributed by atoms with Crippen molar-refractivity contribution in [2.45, 2.75) is 6.92 Å². The molecule has 0 radical (unpaired) electrons. The van der Waals surface area contributed by atoms with E-state index in [0.717, 1.165) is 4.47 Å². The van der Waals surface area contributed by atoms with Crippen molar-refractivity contribution in [3.63, 3.8) is 0 Å². The molecular formula is C8H7BrFNOS. The largest absolute Gasteiger partial charge is 0.238 e. The van der Waals surface area contributed by atoms with E-state index in [9.17, 15) is 8.60 Å². The highest BCUT2D eigenvalue weighted by molar-refractivity contribution is 9.10. The van der Waals surface area contributed by atoms with Gasteiger partial charge in [-0.3, -0.25) is 0 Å². The number of thiol groups is 1. The first-order chi connectivity index (χ1) is 6.15. The summed E-state index contributed by atoms with van der Waals surface area (Å²) in [5.74, 6) is -0.367. The van der Waals surface area contributed by atoms with Crippen LogP contribution in [0.3, 0.4) is 0 Å². The smallest absolute Gasteiger partial charge is 0.132 e. The molecule has 0 aromatic heterocycles. The van der Waals surface area contributed by atoms with Crippen LogP contribution in [0.1, 0.15) is 12.5 Å². The molecule has 2 nitrogen and oxygen atoms in total. The highest BCUT2D eigenvalue weighted by Crippen LogP contribution is 2.16. The minimum absolute atomic E-state index is 0.356. The number of hydrogen-bond acceptors (Lipinski definition) is 1. The molecule has 0 N–H and O–H groups in total. The average Bonchev–Trinajstić information content (AvgIpc) is 2.09. The van der Waals surface area contributed by atoms with Crippen LogP contribution in [-0.4, -0.2) is 9.92 Å². The van der Waals surface area contributed by atoms with Gasteiger partial charge in [0.15, 0.2) is 0 Å². The van der Waals surface area contributed by atoms with Gasteiger partial charge in [0.25, 0.3) is 0 Å². The summed E-state index contributed by atoms with van der Waals surface area (Å²) in [7, 11) is 0. The Bertz CT molecular complexity index is 367. The van der Waals surface area contributed by atoms with Crippen LogP contribution >= 0.6 is 15.9 Å². The molecular weight excluding hydrogens is 257 g/mol. The first kappa shape index (κ1) is 10.5. The predicted octanol–water partition coefficient (Wildman–Crippen LogP) is 2.26. The fourth-order valence-corrected chi connectivity index (χ4v) is 1.48. The van der Waals surface area contributed by atoms with Gasteiger partial charge in [0.2, 0.25) is 0 Å². The van der Waals surface area contributed by atoms with Crippen LogP contribution in [0, 0.1) is 5.82 Å². The lowest BCUT2D eigenvalue weighted by atomic mass is 10.1. The summed E-state index contributed by atoms with van der Waals surface area (Å²) < 4.78 is 27.6. The second-order valence-corrected chi connectivity index (χ2v) is 3.67. The van der Waals surface area contributed by atoms with Gasteiger partial charge >= 0.3 is 0 Å². The van der Waals surface area contributed by atoms with Crippen molar-refractivity contribution in [3.8, 4) is 0 Å². The van der Waals surface area contributed by atoms with Crippen LogP contribution in [-0.2, 0) is 11.9 Å². The summed E-state index contributed by atoms with van der Waals surface area (Å²) >= 11 is 2.86. The minimum atomic E-state index is -0.367. The van der Waals surface area contributed by atoms with Crippen molar-refractivity contribution >= 4 is 33.5 Å². The van der Waals surface area contributed by atoms with E-state index in [1.165, 1.54) is 6.07 Å². The van der Waals surface area contributed by atoms with Gasteiger partial charge < -0.3 is 0 Å². The minimum Gasteiger partial charge on any atom is -0.238 e. The second-order valence-electron chi connectivity index (χ2n) is 2.39. The maximum atomic E-state index is 13.1. The molecule has 0 amide bonds. The molecule has 0 bridgehead atoms. The van der Waals surface area contributed by atoms with Gasteiger partial charge in [-0.2, -0.15) is 4.40 Å². The standard InChI is InChI=1S/C8H7BrFNOS/c1-5(11-13-12)7-4-6(9)2-3-8(7)10/h2-4,13H,1H3/b11-5+. The van der Waals surface area contributed by atoms with Gasteiger partial charge in [0, 0.05) is 10.0 Å². The highest BCUT2D eigenvalue weighted by Gasteiger charge is 2.05. The molecule has 5 heteroatoms. The third kappa shape index (κ3) is 2.70. The van der Waals surface area contributed by atoms with Crippen molar-refractivity contribution in [1.29, 1.82) is 0 Å². The van der Waals surface area contributed by atoms with E-state index in [4.69, 9.17) is 0 Å². The summed E-state index contributed by atoms with van der Waals surface area (Å²) in [6.45, 7) is 1.61. The molecule has 0 spiro atoms. The van der Waals surface area contributed by atoms with Gasteiger partial charge in [0.1, 0.15) is 17.7 Å². The quantitative estimate of drug-likeness (QED) is 0.644. The summed E-state index contributed by atoms with van der Waals surface area (Å²) in [4.78, 5) is 0. The van der Waals surface area contributed by atoms with Gasteiger partial charge in [-0.05, 0) is 25.1 Å². The van der Waals surface area contributed by atoms with E-state index in [1.807, 2.05) is 0 Å². The van der Waals surface area contributed by atoms with Crippen molar-refractivity contribution in [3.05, 3.63) is 34.1 Å². The van der Waals surface area contributed by atoms with Crippen LogP contribution in [0.5, 0.6) is 0 Å². The lowest BCUT2D eigenvalue weighted by molar-refractivity contribution is 0.625. The number of benzene rings is 1. The molecule has 13 heavy (non-hydrogen) atoms. The van der Waals surface area contributed by atoms with Crippen LogP contribution < -0.4 is 0 Å². The molecule has 0 aliphatic rings. The molecule has 0 unspecified atom stereocenters. The average molecular weight is 264 g/mol. The zero-order valence-electron chi connectivity index (χ0n) is 6.79. The zero-order chi connectivity index (χ0) is 9.84. The Labute approximate surface area is 87.6 Å². The van der Waals surface area contributed by atoms with Crippen LogP contribution in [0.15, 0.2) is 27.1 Å². The van der Waals surface area contributed by atoms with Gasteiger partial charge in [-0.1, -0.05) is 15.9 Å². The summed E-state index contributed by atoms with van der Waals surface area (Å²) in [5.41, 5.74) is 0.771. The number of hydrogen-bond donors (Lipinski definition) is 1. The molecule has 0 fully saturated rings. The van der Waals surface area contributed by atoms with E-state index in [1.54, 1.807) is 19.1 Å². The summed E-state index contributed by atoms with van der Waals surface area (Å²) in [5, 5.41) is 0. The third-order valence-electron chi connectivity index (χ3n) is 1.51. The van der Waals surface area contributed by atoms with Crippen molar-refractivity contribution in [2.75, 3.05) is 0 Å². The van der Waals surface area contributed by atoms with E-state index in [-0.39, 0.29) is 17.7 Å². The fraction of sp³-hybridized carbons (Fsp3) is 0.125. The molecule has 1 aromatic carbocycles. The Morgan fingerprint density at radius 2 is 2.31 bits per heavy atom. The van der Waals surface area contributed by atoms with E-state index in [2.05, 4.69) is 20.3 Å². The molecule has 1 aromatic rings. The van der Waals surface area contributed by atoms with Gasteiger partial charge in [-0.25, -0.2) is 8.60 Å².